The molecule has 27 heavy (non-hydrogen) atoms. The maximum Gasteiger partial charge on any atom is 0.223 e. The third-order valence-electron chi connectivity index (χ3n) is 5.07. The van der Waals surface area contributed by atoms with Gasteiger partial charge in [-0.2, -0.15) is 0 Å². The molecular formula is C21H24N4OS. The van der Waals surface area contributed by atoms with Gasteiger partial charge in [0.25, 0.3) is 0 Å². The molecule has 0 bridgehead atoms. The molecule has 1 aliphatic heterocycles. The topological polar surface area (TPSA) is 49.3 Å². The minimum Gasteiger partial charge on any atom is -0.369 e. The van der Waals surface area contributed by atoms with E-state index in [1.807, 2.05) is 35.5 Å². The van der Waals surface area contributed by atoms with Crippen molar-refractivity contribution in [1.82, 2.24) is 14.9 Å². The number of para-hydroxylation sites is 1. The van der Waals surface area contributed by atoms with Crippen LogP contribution in [-0.2, 0) is 11.2 Å². The zero-order valence-corrected chi connectivity index (χ0v) is 16.4. The highest BCUT2D eigenvalue weighted by atomic mass is 32.1. The average molecular weight is 381 g/mol. The van der Waals surface area contributed by atoms with Gasteiger partial charge in [-0.15, -0.1) is 11.3 Å². The third kappa shape index (κ3) is 4.11. The summed E-state index contributed by atoms with van der Waals surface area (Å²) in [7, 11) is 0. The molecular weight excluding hydrogens is 356 g/mol. The summed E-state index contributed by atoms with van der Waals surface area (Å²) >= 11 is 1.69. The number of thiazole rings is 1. The van der Waals surface area contributed by atoms with E-state index in [1.54, 1.807) is 11.3 Å². The van der Waals surface area contributed by atoms with E-state index in [1.165, 1.54) is 16.0 Å². The minimum absolute atomic E-state index is 0.238. The summed E-state index contributed by atoms with van der Waals surface area (Å²) in [6, 6.07) is 10.2. The number of aromatic nitrogens is 2. The molecule has 0 N–H and O–H groups in total. The normalized spacial score (nSPS) is 15.1. The molecule has 0 atom stereocenters. The van der Waals surface area contributed by atoms with E-state index in [0.29, 0.717) is 6.42 Å². The van der Waals surface area contributed by atoms with Gasteiger partial charge in [0.05, 0.1) is 15.2 Å². The van der Waals surface area contributed by atoms with E-state index < -0.39 is 0 Å². The molecule has 0 aliphatic carbocycles. The molecule has 6 heteroatoms. The van der Waals surface area contributed by atoms with Gasteiger partial charge in [0.2, 0.25) is 5.91 Å². The van der Waals surface area contributed by atoms with Crippen LogP contribution in [0.2, 0.25) is 0 Å². The Morgan fingerprint density at radius 3 is 2.89 bits per heavy atom. The van der Waals surface area contributed by atoms with E-state index >= 15 is 0 Å². The van der Waals surface area contributed by atoms with Crippen LogP contribution in [0.1, 0.15) is 23.4 Å². The van der Waals surface area contributed by atoms with Gasteiger partial charge in [-0.3, -0.25) is 9.78 Å². The predicted molar refractivity (Wildman–Crippen MR) is 110 cm³/mol. The fourth-order valence-electron chi connectivity index (χ4n) is 3.63. The molecule has 1 saturated heterocycles. The number of carbonyl (C=O) groups excluding carboxylic acids is 1. The first-order valence-electron chi connectivity index (χ1n) is 9.48. The Bertz CT molecular complexity index is 906. The number of fused-ring (bicyclic) bond motifs is 1. The first-order chi connectivity index (χ1) is 13.2. The van der Waals surface area contributed by atoms with Gasteiger partial charge < -0.3 is 9.80 Å². The van der Waals surface area contributed by atoms with E-state index in [4.69, 9.17) is 0 Å². The minimum atomic E-state index is 0.238. The van der Waals surface area contributed by atoms with Crippen molar-refractivity contribution in [2.24, 2.45) is 0 Å². The molecule has 3 aromatic rings. The Morgan fingerprint density at radius 2 is 2.04 bits per heavy atom. The van der Waals surface area contributed by atoms with Gasteiger partial charge in [-0.1, -0.05) is 12.1 Å². The standard InChI is InChI=1S/C21H24N4OS/c1-16-15-22-10-9-18(16)24-11-4-12-25(14-13-24)21(26)8-7-20-23-17-5-2-3-6-19(17)27-20/h2-3,5-6,9-10,15H,4,7-8,11-14H2,1H3. The maximum absolute atomic E-state index is 12.7. The Kier molecular flexibility index (Phi) is 5.34. The maximum atomic E-state index is 12.7. The summed E-state index contributed by atoms with van der Waals surface area (Å²) in [4.78, 5) is 25.9. The molecule has 3 heterocycles. The van der Waals surface area contributed by atoms with Gasteiger partial charge in [0.1, 0.15) is 0 Å². The number of rotatable bonds is 4. The molecule has 1 aliphatic rings. The highest BCUT2D eigenvalue weighted by molar-refractivity contribution is 7.18. The molecule has 2 aromatic heterocycles. The van der Waals surface area contributed by atoms with Crippen LogP contribution in [0, 0.1) is 6.92 Å². The number of nitrogens with zero attached hydrogens (tertiary/aromatic N) is 4. The Labute approximate surface area is 163 Å². The number of anilines is 1. The first kappa shape index (κ1) is 17.9. The van der Waals surface area contributed by atoms with E-state index in [-0.39, 0.29) is 5.91 Å². The van der Waals surface area contributed by atoms with E-state index in [0.717, 1.165) is 49.5 Å². The van der Waals surface area contributed by atoms with Gasteiger partial charge in [0.15, 0.2) is 0 Å². The molecule has 140 valence electrons. The summed E-state index contributed by atoms with van der Waals surface area (Å²) in [5.41, 5.74) is 3.45. The second kappa shape index (κ2) is 8.05. The van der Waals surface area contributed by atoms with Crippen LogP contribution in [0.3, 0.4) is 0 Å². The zero-order chi connectivity index (χ0) is 18.6. The monoisotopic (exact) mass is 380 g/mol. The smallest absolute Gasteiger partial charge is 0.223 e. The van der Waals surface area contributed by atoms with Crippen molar-refractivity contribution in [2.45, 2.75) is 26.2 Å². The number of hydrogen-bond acceptors (Lipinski definition) is 5. The van der Waals surface area contributed by atoms with Crippen molar-refractivity contribution >= 4 is 33.1 Å². The number of aryl methyl sites for hydroxylation is 2. The number of benzene rings is 1. The van der Waals surface area contributed by atoms with Crippen LogP contribution < -0.4 is 4.90 Å². The molecule has 1 fully saturated rings. The van der Waals surface area contributed by atoms with Crippen molar-refractivity contribution in [2.75, 3.05) is 31.1 Å². The number of pyridine rings is 1. The Balaban J connectivity index is 1.34. The Hall–Kier alpha value is -2.47. The molecule has 0 unspecified atom stereocenters. The van der Waals surface area contributed by atoms with Crippen molar-refractivity contribution in [1.29, 1.82) is 0 Å². The van der Waals surface area contributed by atoms with E-state index in [2.05, 4.69) is 33.9 Å². The van der Waals surface area contributed by atoms with Gasteiger partial charge >= 0.3 is 0 Å². The third-order valence-corrected chi connectivity index (χ3v) is 6.17. The lowest BCUT2D eigenvalue weighted by Gasteiger charge is -2.25. The molecule has 4 rings (SSSR count). The molecule has 1 amide bonds. The molecule has 0 saturated carbocycles. The van der Waals surface area contributed by atoms with Crippen molar-refractivity contribution in [3.8, 4) is 0 Å². The quantitative estimate of drug-likeness (QED) is 0.693. The largest absolute Gasteiger partial charge is 0.369 e. The number of carbonyl (C=O) groups is 1. The zero-order valence-electron chi connectivity index (χ0n) is 15.6. The van der Waals surface area contributed by atoms with Crippen LogP contribution in [0.5, 0.6) is 0 Å². The second-order valence-corrected chi connectivity index (χ2v) is 8.07. The highest BCUT2D eigenvalue weighted by Gasteiger charge is 2.20. The van der Waals surface area contributed by atoms with E-state index in [9.17, 15) is 4.79 Å². The highest BCUT2D eigenvalue weighted by Crippen LogP contribution is 2.23. The molecule has 5 nitrogen and oxygen atoms in total. The SMILES string of the molecule is Cc1cnccc1N1CCCN(C(=O)CCc2nc3ccccc3s2)CC1. The fraction of sp³-hybridized carbons (Fsp3) is 0.381. The van der Waals surface area contributed by atoms with Crippen molar-refractivity contribution in [3.05, 3.63) is 53.3 Å². The molecule has 1 aromatic carbocycles. The van der Waals surface area contributed by atoms with Crippen LogP contribution in [0.15, 0.2) is 42.7 Å². The lowest BCUT2D eigenvalue weighted by atomic mass is 10.2. The van der Waals surface area contributed by atoms with Gasteiger partial charge in [0, 0.05) is 57.1 Å². The lowest BCUT2D eigenvalue weighted by Crippen LogP contribution is -2.35. The number of hydrogen-bond donors (Lipinski definition) is 0. The fourth-order valence-corrected chi connectivity index (χ4v) is 4.59. The number of amides is 1. The van der Waals surface area contributed by atoms with Crippen LogP contribution >= 0.6 is 11.3 Å². The summed E-state index contributed by atoms with van der Waals surface area (Å²) in [5, 5.41) is 1.05. The molecule has 0 spiro atoms. The summed E-state index contributed by atoms with van der Waals surface area (Å²) < 4.78 is 1.19. The van der Waals surface area contributed by atoms with Crippen LogP contribution in [0.25, 0.3) is 10.2 Å². The second-order valence-electron chi connectivity index (χ2n) is 6.96. The predicted octanol–water partition coefficient (Wildman–Crippen LogP) is 3.67. The van der Waals surface area contributed by atoms with Gasteiger partial charge in [-0.05, 0) is 37.1 Å². The van der Waals surface area contributed by atoms with Gasteiger partial charge in [-0.25, -0.2) is 4.98 Å². The summed E-state index contributed by atoms with van der Waals surface area (Å²) in [5.74, 6) is 0.238. The first-order valence-corrected chi connectivity index (χ1v) is 10.3. The van der Waals surface area contributed by atoms with Crippen LogP contribution in [-0.4, -0.2) is 47.0 Å². The average Bonchev–Trinajstić information content (AvgIpc) is 2.94. The Morgan fingerprint density at radius 1 is 1.15 bits per heavy atom. The lowest BCUT2D eigenvalue weighted by molar-refractivity contribution is -0.130. The van der Waals surface area contributed by atoms with Crippen molar-refractivity contribution < 1.29 is 4.79 Å². The summed E-state index contributed by atoms with van der Waals surface area (Å²) in [6.45, 7) is 5.55. The molecule has 0 radical (unpaired) electrons. The summed E-state index contributed by atoms with van der Waals surface area (Å²) in [6.07, 6.45) is 6.00. The van der Waals surface area contributed by atoms with Crippen molar-refractivity contribution in [3.63, 3.8) is 0 Å². The van der Waals surface area contributed by atoms with Crippen LogP contribution in [0.4, 0.5) is 5.69 Å².